The van der Waals surface area contributed by atoms with Gasteiger partial charge in [0.25, 0.3) is 0 Å². The SMILES string of the molecule is CC(=O)Nc1cc(CCN2CC(C)CC(C)C2)ccc1OCc1ccccc1. The summed E-state index contributed by atoms with van der Waals surface area (Å²) >= 11 is 0. The summed E-state index contributed by atoms with van der Waals surface area (Å²) in [6.45, 7) is 10.1. The lowest BCUT2D eigenvalue weighted by molar-refractivity contribution is -0.114. The molecule has 150 valence electrons. The van der Waals surface area contributed by atoms with E-state index in [4.69, 9.17) is 4.74 Å². The van der Waals surface area contributed by atoms with Crippen LogP contribution in [0.2, 0.25) is 0 Å². The van der Waals surface area contributed by atoms with Crippen LogP contribution in [0, 0.1) is 11.8 Å². The molecule has 2 atom stereocenters. The third-order valence-corrected chi connectivity index (χ3v) is 5.25. The maximum atomic E-state index is 11.7. The Morgan fingerprint density at radius 2 is 1.79 bits per heavy atom. The van der Waals surface area contributed by atoms with Crippen LogP contribution in [0.25, 0.3) is 0 Å². The molecule has 1 amide bonds. The van der Waals surface area contributed by atoms with Gasteiger partial charge in [0.2, 0.25) is 5.91 Å². The Kier molecular flexibility index (Phi) is 7.10. The van der Waals surface area contributed by atoms with E-state index >= 15 is 0 Å². The number of ether oxygens (including phenoxy) is 1. The fraction of sp³-hybridized carbons (Fsp3) is 0.458. The van der Waals surface area contributed by atoms with E-state index in [9.17, 15) is 4.79 Å². The van der Waals surface area contributed by atoms with Gasteiger partial charge in [-0.1, -0.05) is 50.2 Å². The Morgan fingerprint density at radius 1 is 1.07 bits per heavy atom. The van der Waals surface area contributed by atoms with Crippen LogP contribution in [0.15, 0.2) is 48.5 Å². The van der Waals surface area contributed by atoms with Crippen molar-refractivity contribution in [2.24, 2.45) is 11.8 Å². The predicted octanol–water partition coefficient (Wildman–Crippen LogP) is 4.74. The van der Waals surface area contributed by atoms with Crippen LogP contribution in [0.4, 0.5) is 5.69 Å². The third kappa shape index (κ3) is 6.10. The molecule has 0 radical (unpaired) electrons. The van der Waals surface area contributed by atoms with E-state index in [1.807, 2.05) is 36.4 Å². The van der Waals surface area contributed by atoms with E-state index in [2.05, 4.69) is 36.2 Å². The topological polar surface area (TPSA) is 41.6 Å². The maximum Gasteiger partial charge on any atom is 0.221 e. The predicted molar refractivity (Wildman–Crippen MR) is 115 cm³/mol. The normalized spacial score (nSPS) is 20.0. The molecule has 0 bridgehead atoms. The summed E-state index contributed by atoms with van der Waals surface area (Å²) in [5.74, 6) is 2.17. The molecule has 2 aromatic rings. The number of piperidine rings is 1. The summed E-state index contributed by atoms with van der Waals surface area (Å²) in [6.07, 6.45) is 2.31. The standard InChI is InChI=1S/C24H32N2O2/c1-18-13-19(2)16-26(15-18)12-11-21-9-10-24(23(14-21)25-20(3)27)28-17-22-7-5-4-6-8-22/h4-10,14,18-19H,11-13,15-17H2,1-3H3,(H,25,27). The highest BCUT2D eigenvalue weighted by Gasteiger charge is 2.21. The number of amides is 1. The quantitative estimate of drug-likeness (QED) is 0.754. The monoisotopic (exact) mass is 380 g/mol. The molecular weight excluding hydrogens is 348 g/mol. The van der Waals surface area contributed by atoms with Gasteiger partial charge < -0.3 is 15.0 Å². The first-order valence-electron chi connectivity index (χ1n) is 10.3. The molecule has 0 aliphatic carbocycles. The van der Waals surface area contributed by atoms with E-state index in [1.54, 1.807) is 0 Å². The second-order valence-electron chi connectivity index (χ2n) is 8.24. The van der Waals surface area contributed by atoms with Crippen molar-refractivity contribution >= 4 is 11.6 Å². The van der Waals surface area contributed by atoms with E-state index in [0.29, 0.717) is 12.4 Å². The van der Waals surface area contributed by atoms with Crippen molar-refractivity contribution in [1.29, 1.82) is 0 Å². The molecule has 1 heterocycles. The van der Waals surface area contributed by atoms with Crippen LogP contribution in [-0.2, 0) is 17.8 Å². The average Bonchev–Trinajstić information content (AvgIpc) is 2.65. The van der Waals surface area contributed by atoms with Crippen molar-refractivity contribution in [2.75, 3.05) is 25.0 Å². The summed E-state index contributed by atoms with van der Waals surface area (Å²) < 4.78 is 5.98. The smallest absolute Gasteiger partial charge is 0.221 e. The maximum absolute atomic E-state index is 11.7. The van der Waals surface area contributed by atoms with Gasteiger partial charge >= 0.3 is 0 Å². The minimum absolute atomic E-state index is 0.0830. The van der Waals surface area contributed by atoms with E-state index in [1.165, 1.54) is 32.0 Å². The number of likely N-dealkylation sites (tertiary alicyclic amines) is 1. The lowest BCUT2D eigenvalue weighted by Crippen LogP contribution is -2.39. The molecule has 4 nitrogen and oxygen atoms in total. The fourth-order valence-corrected chi connectivity index (χ4v) is 4.14. The van der Waals surface area contributed by atoms with Crippen molar-refractivity contribution in [2.45, 2.75) is 40.2 Å². The fourth-order valence-electron chi connectivity index (χ4n) is 4.14. The minimum atomic E-state index is -0.0830. The largest absolute Gasteiger partial charge is 0.487 e. The molecule has 0 saturated carbocycles. The summed E-state index contributed by atoms with van der Waals surface area (Å²) in [5.41, 5.74) is 3.08. The summed E-state index contributed by atoms with van der Waals surface area (Å²) in [6, 6.07) is 16.2. The molecule has 1 N–H and O–H groups in total. The molecule has 28 heavy (non-hydrogen) atoms. The second-order valence-corrected chi connectivity index (χ2v) is 8.24. The Labute approximate surface area is 168 Å². The number of carbonyl (C=O) groups is 1. The zero-order valence-electron chi connectivity index (χ0n) is 17.3. The lowest BCUT2D eigenvalue weighted by Gasteiger charge is -2.35. The highest BCUT2D eigenvalue weighted by Crippen LogP contribution is 2.28. The molecule has 2 aromatic carbocycles. The molecule has 2 unspecified atom stereocenters. The minimum Gasteiger partial charge on any atom is -0.487 e. The highest BCUT2D eigenvalue weighted by molar-refractivity contribution is 5.90. The number of rotatable bonds is 7. The van der Waals surface area contributed by atoms with Gasteiger partial charge in [0.05, 0.1) is 5.69 Å². The van der Waals surface area contributed by atoms with Gasteiger partial charge in [-0.15, -0.1) is 0 Å². The molecule has 3 rings (SSSR count). The number of carbonyl (C=O) groups excluding carboxylic acids is 1. The summed E-state index contributed by atoms with van der Waals surface area (Å²) in [5, 5.41) is 2.92. The number of nitrogens with one attached hydrogen (secondary N) is 1. The van der Waals surface area contributed by atoms with Crippen LogP contribution in [-0.4, -0.2) is 30.4 Å². The Bertz CT molecular complexity index is 765. The Balaban J connectivity index is 1.64. The van der Waals surface area contributed by atoms with Crippen LogP contribution in [0.5, 0.6) is 5.75 Å². The summed E-state index contributed by atoms with van der Waals surface area (Å²) in [7, 11) is 0. The van der Waals surface area contributed by atoms with Crippen molar-refractivity contribution in [3.8, 4) is 5.75 Å². The van der Waals surface area contributed by atoms with Gasteiger partial charge in [0, 0.05) is 26.6 Å². The number of hydrogen-bond acceptors (Lipinski definition) is 3. The molecule has 0 spiro atoms. The number of nitrogens with zero attached hydrogens (tertiary/aromatic N) is 1. The Morgan fingerprint density at radius 3 is 2.46 bits per heavy atom. The molecular formula is C24H32N2O2. The van der Waals surface area contributed by atoms with Gasteiger partial charge in [-0.25, -0.2) is 0 Å². The second kappa shape index (κ2) is 9.74. The molecule has 1 saturated heterocycles. The number of hydrogen-bond donors (Lipinski definition) is 1. The zero-order chi connectivity index (χ0) is 19.9. The molecule has 1 aliphatic rings. The van der Waals surface area contributed by atoms with Crippen molar-refractivity contribution < 1.29 is 9.53 Å². The Hall–Kier alpha value is -2.33. The first-order chi connectivity index (χ1) is 13.5. The molecule has 0 aromatic heterocycles. The average molecular weight is 381 g/mol. The number of anilines is 1. The van der Waals surface area contributed by atoms with Crippen LogP contribution in [0.3, 0.4) is 0 Å². The van der Waals surface area contributed by atoms with Crippen LogP contribution >= 0.6 is 0 Å². The van der Waals surface area contributed by atoms with Gasteiger partial charge in [0.1, 0.15) is 12.4 Å². The molecule has 1 aliphatic heterocycles. The van der Waals surface area contributed by atoms with Crippen LogP contribution in [0.1, 0.15) is 38.3 Å². The molecule has 1 fully saturated rings. The van der Waals surface area contributed by atoms with E-state index < -0.39 is 0 Å². The van der Waals surface area contributed by atoms with E-state index in [0.717, 1.165) is 36.1 Å². The van der Waals surface area contributed by atoms with Crippen molar-refractivity contribution in [3.05, 3.63) is 59.7 Å². The molecule has 4 heteroatoms. The van der Waals surface area contributed by atoms with Crippen molar-refractivity contribution in [3.63, 3.8) is 0 Å². The van der Waals surface area contributed by atoms with E-state index in [-0.39, 0.29) is 5.91 Å². The first-order valence-corrected chi connectivity index (χ1v) is 10.3. The zero-order valence-corrected chi connectivity index (χ0v) is 17.3. The van der Waals surface area contributed by atoms with Gasteiger partial charge in [-0.05, 0) is 47.9 Å². The summed E-state index contributed by atoms with van der Waals surface area (Å²) in [4.78, 5) is 14.2. The lowest BCUT2D eigenvalue weighted by atomic mass is 9.91. The van der Waals surface area contributed by atoms with Gasteiger partial charge in [0.15, 0.2) is 0 Å². The highest BCUT2D eigenvalue weighted by atomic mass is 16.5. The number of benzene rings is 2. The van der Waals surface area contributed by atoms with Gasteiger partial charge in [-0.3, -0.25) is 4.79 Å². The van der Waals surface area contributed by atoms with Crippen molar-refractivity contribution in [1.82, 2.24) is 4.90 Å². The van der Waals surface area contributed by atoms with Crippen LogP contribution < -0.4 is 10.1 Å². The van der Waals surface area contributed by atoms with Gasteiger partial charge in [-0.2, -0.15) is 0 Å². The third-order valence-electron chi connectivity index (χ3n) is 5.25. The first kappa shape index (κ1) is 20.4.